The maximum absolute atomic E-state index is 12.5. The fraction of sp³-hybridized carbons (Fsp3) is 0.375. The van der Waals surface area contributed by atoms with Crippen molar-refractivity contribution in [3.63, 3.8) is 0 Å². The predicted molar refractivity (Wildman–Crippen MR) is 77.5 cm³/mol. The van der Waals surface area contributed by atoms with E-state index in [1.165, 1.54) is 5.56 Å². The van der Waals surface area contributed by atoms with Crippen LogP contribution in [0.15, 0.2) is 42.9 Å². The van der Waals surface area contributed by atoms with Gasteiger partial charge < -0.3 is 9.47 Å². The normalized spacial score (nSPS) is 19.1. The summed E-state index contributed by atoms with van der Waals surface area (Å²) in [6.07, 6.45) is 7.80. The minimum absolute atomic E-state index is 0.131. The highest BCUT2D eigenvalue weighted by Gasteiger charge is 2.26. The largest absolute Gasteiger partial charge is 0.347 e. The zero-order chi connectivity index (χ0) is 13.9. The highest BCUT2D eigenvalue weighted by atomic mass is 16.2. The van der Waals surface area contributed by atoms with Gasteiger partial charge in [0.05, 0.1) is 0 Å². The summed E-state index contributed by atoms with van der Waals surface area (Å²) in [5, 5.41) is 0. The number of carbonyl (C=O) groups excluding carboxylic acids is 1. The van der Waals surface area contributed by atoms with Crippen molar-refractivity contribution in [2.24, 2.45) is 7.05 Å². The number of piperidine rings is 1. The second kappa shape index (κ2) is 5.49. The number of carbonyl (C=O) groups is 1. The number of hydrogen-bond acceptors (Lipinski definition) is 2. The maximum Gasteiger partial charge on any atom is 0.270 e. The molecule has 4 heteroatoms. The van der Waals surface area contributed by atoms with Gasteiger partial charge in [0, 0.05) is 44.6 Å². The number of aromatic nitrogens is 2. The first-order valence-corrected chi connectivity index (χ1v) is 7.06. The molecule has 2 aromatic heterocycles. The molecule has 1 saturated heterocycles. The summed E-state index contributed by atoms with van der Waals surface area (Å²) in [7, 11) is 1.91. The van der Waals surface area contributed by atoms with Crippen molar-refractivity contribution in [1.29, 1.82) is 0 Å². The van der Waals surface area contributed by atoms with E-state index in [2.05, 4.69) is 11.1 Å². The zero-order valence-electron chi connectivity index (χ0n) is 11.7. The number of rotatable bonds is 2. The van der Waals surface area contributed by atoms with Crippen molar-refractivity contribution in [2.45, 2.75) is 18.8 Å². The number of amides is 1. The first-order valence-electron chi connectivity index (χ1n) is 7.06. The molecule has 0 bridgehead atoms. The molecule has 1 amide bonds. The van der Waals surface area contributed by atoms with E-state index < -0.39 is 0 Å². The summed E-state index contributed by atoms with van der Waals surface area (Å²) in [6.45, 7) is 1.64. The van der Waals surface area contributed by atoms with Crippen molar-refractivity contribution in [2.75, 3.05) is 13.1 Å². The molecular formula is C16H19N3O. The first-order chi connectivity index (χ1) is 9.75. The van der Waals surface area contributed by atoms with Crippen molar-refractivity contribution in [3.05, 3.63) is 54.1 Å². The molecule has 4 nitrogen and oxygen atoms in total. The van der Waals surface area contributed by atoms with Crippen molar-refractivity contribution < 1.29 is 4.79 Å². The van der Waals surface area contributed by atoms with Gasteiger partial charge in [-0.15, -0.1) is 0 Å². The molecule has 3 rings (SSSR count). The van der Waals surface area contributed by atoms with Gasteiger partial charge in [0.1, 0.15) is 5.69 Å². The van der Waals surface area contributed by atoms with Gasteiger partial charge in [0.2, 0.25) is 0 Å². The molecular weight excluding hydrogens is 250 g/mol. The minimum atomic E-state index is 0.131. The molecule has 104 valence electrons. The highest BCUT2D eigenvalue weighted by Crippen LogP contribution is 2.27. The Kier molecular flexibility index (Phi) is 3.54. The van der Waals surface area contributed by atoms with Crippen LogP contribution in [-0.2, 0) is 7.05 Å². The lowest BCUT2D eigenvalue weighted by molar-refractivity contribution is 0.0697. The van der Waals surface area contributed by atoms with Gasteiger partial charge >= 0.3 is 0 Å². The van der Waals surface area contributed by atoms with Crippen molar-refractivity contribution in [3.8, 4) is 0 Å². The van der Waals surface area contributed by atoms with E-state index in [1.807, 2.05) is 47.1 Å². The fourth-order valence-electron chi connectivity index (χ4n) is 2.90. The summed E-state index contributed by atoms with van der Waals surface area (Å²) in [5.41, 5.74) is 1.99. The summed E-state index contributed by atoms with van der Waals surface area (Å²) in [4.78, 5) is 18.7. The lowest BCUT2D eigenvalue weighted by atomic mass is 9.91. The van der Waals surface area contributed by atoms with Gasteiger partial charge in [-0.3, -0.25) is 9.78 Å². The molecule has 0 aliphatic carbocycles. The van der Waals surface area contributed by atoms with Crippen LogP contribution in [0.2, 0.25) is 0 Å². The smallest absolute Gasteiger partial charge is 0.270 e. The second-order valence-electron chi connectivity index (χ2n) is 5.38. The van der Waals surface area contributed by atoms with Gasteiger partial charge in [-0.2, -0.15) is 0 Å². The molecule has 0 spiro atoms. The van der Waals surface area contributed by atoms with Gasteiger partial charge in [-0.1, -0.05) is 6.07 Å². The predicted octanol–water partition coefficient (Wildman–Crippen LogP) is 2.44. The number of hydrogen-bond donors (Lipinski definition) is 0. The molecule has 1 aliphatic heterocycles. The SMILES string of the molecule is Cn1cccc1C(=O)N1CCCC(c2cccnc2)C1. The third-order valence-corrected chi connectivity index (χ3v) is 4.03. The van der Waals surface area contributed by atoms with Crippen LogP contribution in [0.1, 0.15) is 34.8 Å². The molecule has 1 atom stereocenters. The molecule has 0 saturated carbocycles. The van der Waals surface area contributed by atoms with Crippen LogP contribution in [0.25, 0.3) is 0 Å². The van der Waals surface area contributed by atoms with Crippen molar-refractivity contribution in [1.82, 2.24) is 14.5 Å². The Morgan fingerprint density at radius 2 is 2.25 bits per heavy atom. The summed E-state index contributed by atoms with van der Waals surface area (Å²) < 4.78 is 1.88. The third-order valence-electron chi connectivity index (χ3n) is 4.03. The van der Waals surface area contributed by atoms with E-state index >= 15 is 0 Å². The lowest BCUT2D eigenvalue weighted by Gasteiger charge is -2.33. The van der Waals surface area contributed by atoms with E-state index in [4.69, 9.17) is 0 Å². The maximum atomic E-state index is 12.5. The zero-order valence-corrected chi connectivity index (χ0v) is 11.7. The van der Waals surface area contributed by atoms with Crippen LogP contribution in [0.3, 0.4) is 0 Å². The van der Waals surface area contributed by atoms with Crippen LogP contribution in [-0.4, -0.2) is 33.4 Å². The number of aryl methyl sites for hydroxylation is 1. The highest BCUT2D eigenvalue weighted by molar-refractivity contribution is 5.92. The molecule has 20 heavy (non-hydrogen) atoms. The van der Waals surface area contributed by atoms with Gasteiger partial charge in [-0.25, -0.2) is 0 Å². The Morgan fingerprint density at radius 1 is 1.35 bits per heavy atom. The molecule has 0 aromatic carbocycles. The van der Waals surface area contributed by atoms with Gasteiger partial charge in [-0.05, 0) is 36.6 Å². The van der Waals surface area contributed by atoms with Crippen LogP contribution in [0.4, 0.5) is 0 Å². The van der Waals surface area contributed by atoms with Gasteiger partial charge in [0.15, 0.2) is 0 Å². The van der Waals surface area contributed by atoms with E-state index in [0.29, 0.717) is 5.92 Å². The average molecular weight is 269 g/mol. The van der Waals surface area contributed by atoms with E-state index in [1.54, 1.807) is 6.20 Å². The Balaban J connectivity index is 1.76. The first kappa shape index (κ1) is 12.9. The Morgan fingerprint density at radius 3 is 2.95 bits per heavy atom. The molecule has 0 N–H and O–H groups in total. The average Bonchev–Trinajstić information content (AvgIpc) is 2.94. The summed E-state index contributed by atoms with van der Waals surface area (Å²) in [5.74, 6) is 0.535. The van der Waals surface area contributed by atoms with Crippen LogP contribution < -0.4 is 0 Å². The Bertz CT molecular complexity index is 591. The molecule has 0 radical (unpaired) electrons. The summed E-state index contributed by atoms with van der Waals surface area (Å²) in [6, 6.07) is 7.87. The minimum Gasteiger partial charge on any atom is -0.347 e. The lowest BCUT2D eigenvalue weighted by Crippen LogP contribution is -2.39. The second-order valence-corrected chi connectivity index (χ2v) is 5.38. The van der Waals surface area contributed by atoms with E-state index in [0.717, 1.165) is 31.6 Å². The number of nitrogens with zero attached hydrogens (tertiary/aromatic N) is 3. The summed E-state index contributed by atoms with van der Waals surface area (Å²) >= 11 is 0. The van der Waals surface area contributed by atoms with Crippen LogP contribution in [0, 0.1) is 0 Å². The van der Waals surface area contributed by atoms with E-state index in [-0.39, 0.29) is 5.91 Å². The molecule has 1 aliphatic rings. The molecule has 3 heterocycles. The standard InChI is InChI=1S/C16H19N3O/c1-18-9-4-7-15(18)16(20)19-10-3-6-14(12-19)13-5-2-8-17-11-13/h2,4-5,7-9,11,14H,3,6,10,12H2,1H3. The number of pyridine rings is 1. The Labute approximate surface area is 119 Å². The van der Waals surface area contributed by atoms with Crippen LogP contribution >= 0.6 is 0 Å². The monoisotopic (exact) mass is 269 g/mol. The molecule has 1 fully saturated rings. The van der Waals surface area contributed by atoms with Gasteiger partial charge in [0.25, 0.3) is 5.91 Å². The quantitative estimate of drug-likeness (QED) is 0.840. The topological polar surface area (TPSA) is 38.1 Å². The third kappa shape index (κ3) is 2.46. The Hall–Kier alpha value is -2.10. The van der Waals surface area contributed by atoms with Crippen LogP contribution in [0.5, 0.6) is 0 Å². The molecule has 1 unspecified atom stereocenters. The fourth-order valence-corrected chi connectivity index (χ4v) is 2.90. The number of likely N-dealkylation sites (tertiary alicyclic amines) is 1. The van der Waals surface area contributed by atoms with E-state index in [9.17, 15) is 4.79 Å². The molecule has 2 aromatic rings. The van der Waals surface area contributed by atoms with Crippen molar-refractivity contribution >= 4 is 5.91 Å².